The molecule has 0 fully saturated rings. The van der Waals surface area contributed by atoms with Gasteiger partial charge in [0.15, 0.2) is 10.9 Å². The number of alkyl halides is 4. The monoisotopic (exact) mass is 343 g/mol. The first-order valence-electron chi connectivity index (χ1n) is 5.79. The maximum absolute atomic E-state index is 12.8. The van der Waals surface area contributed by atoms with E-state index in [1.807, 2.05) is 0 Å². The normalized spacial score (nSPS) is 21.6. The molecule has 0 bridgehead atoms. The van der Waals surface area contributed by atoms with Crippen LogP contribution >= 0.6 is 15.9 Å². The zero-order chi connectivity index (χ0) is 14.3. The standard InChI is InChI=1S/C13H9BrF3N3/c14-12-18-11-10(5-2-6-20(11)19-12)8-3-1-4-9(7-8)13(15,16)17/h1-7,12,19H. The average Bonchev–Trinajstić information content (AvgIpc) is 2.77. The van der Waals surface area contributed by atoms with Crippen LogP contribution in [0.3, 0.4) is 0 Å². The molecule has 0 saturated carbocycles. The Balaban J connectivity index is 2.03. The van der Waals surface area contributed by atoms with Crippen LogP contribution in [0.4, 0.5) is 13.2 Å². The summed E-state index contributed by atoms with van der Waals surface area (Å²) in [6.45, 7) is 0. The first-order chi connectivity index (χ1) is 9.45. The first-order valence-corrected chi connectivity index (χ1v) is 6.70. The number of benzene rings is 1. The van der Waals surface area contributed by atoms with Crippen LogP contribution in [0.15, 0.2) is 47.6 Å². The highest BCUT2D eigenvalue weighted by molar-refractivity contribution is 9.09. The van der Waals surface area contributed by atoms with Crippen molar-refractivity contribution in [2.75, 3.05) is 0 Å². The predicted octanol–water partition coefficient (Wildman–Crippen LogP) is 3.51. The van der Waals surface area contributed by atoms with E-state index < -0.39 is 11.7 Å². The molecule has 1 N–H and O–H groups in total. The van der Waals surface area contributed by atoms with E-state index in [4.69, 9.17) is 0 Å². The molecule has 0 radical (unpaired) electrons. The first kappa shape index (κ1) is 13.4. The molecule has 3 nitrogen and oxygen atoms in total. The highest BCUT2D eigenvalue weighted by Gasteiger charge is 2.32. The summed E-state index contributed by atoms with van der Waals surface area (Å²) in [5.41, 5.74) is 3.46. The number of fused-ring (bicyclic) bond motifs is 1. The minimum atomic E-state index is -4.35. The van der Waals surface area contributed by atoms with Gasteiger partial charge in [-0.15, -0.1) is 0 Å². The molecule has 1 atom stereocenters. The number of nitrogens with one attached hydrogen (secondary N) is 1. The summed E-state index contributed by atoms with van der Waals surface area (Å²) in [6, 6.07) is 5.23. The number of hydrogen-bond donors (Lipinski definition) is 1. The van der Waals surface area contributed by atoms with Crippen molar-refractivity contribution < 1.29 is 13.2 Å². The maximum atomic E-state index is 12.8. The zero-order valence-electron chi connectivity index (χ0n) is 10.0. The molecule has 0 aromatic heterocycles. The number of halogens is 4. The molecule has 1 unspecified atom stereocenters. The Morgan fingerprint density at radius 3 is 2.85 bits per heavy atom. The Labute approximate surface area is 121 Å². The third-order valence-corrected chi connectivity index (χ3v) is 3.36. The Hall–Kier alpha value is -1.60. The SMILES string of the molecule is FC(F)(F)c1cccc(C2=CC=CN3NC(Br)N=C23)c1. The Morgan fingerprint density at radius 2 is 2.10 bits per heavy atom. The van der Waals surface area contributed by atoms with Gasteiger partial charge in [-0.1, -0.05) is 12.1 Å². The van der Waals surface area contributed by atoms with Gasteiger partial charge in [-0.2, -0.15) is 18.6 Å². The summed E-state index contributed by atoms with van der Waals surface area (Å²) >= 11 is 3.29. The molecule has 0 saturated heterocycles. The lowest BCUT2D eigenvalue weighted by molar-refractivity contribution is -0.137. The third-order valence-electron chi connectivity index (χ3n) is 2.95. The molecule has 2 heterocycles. The molecular formula is C13H9BrF3N3. The summed E-state index contributed by atoms with van der Waals surface area (Å²) in [5, 5.41) is 1.39. The number of nitrogens with zero attached hydrogens (tertiary/aromatic N) is 2. The lowest BCUT2D eigenvalue weighted by Crippen LogP contribution is -2.35. The highest BCUT2D eigenvalue weighted by atomic mass is 79.9. The van der Waals surface area contributed by atoms with Crippen molar-refractivity contribution in [3.05, 3.63) is 53.7 Å². The van der Waals surface area contributed by atoms with Gasteiger partial charge in [0.25, 0.3) is 0 Å². The van der Waals surface area contributed by atoms with Crippen LogP contribution in [0.1, 0.15) is 11.1 Å². The second-order valence-corrected chi connectivity index (χ2v) is 5.16. The van der Waals surface area contributed by atoms with Gasteiger partial charge < -0.3 is 0 Å². The van der Waals surface area contributed by atoms with E-state index in [0.29, 0.717) is 17.0 Å². The second kappa shape index (κ2) is 4.75. The number of hydrogen-bond acceptors (Lipinski definition) is 3. The molecule has 0 spiro atoms. The van der Waals surface area contributed by atoms with E-state index in [0.717, 1.165) is 12.1 Å². The highest BCUT2D eigenvalue weighted by Crippen LogP contribution is 2.32. The summed E-state index contributed by atoms with van der Waals surface area (Å²) in [7, 11) is 0. The quantitative estimate of drug-likeness (QED) is 0.624. The molecular weight excluding hydrogens is 335 g/mol. The minimum absolute atomic E-state index is 0.283. The molecule has 7 heteroatoms. The van der Waals surface area contributed by atoms with Gasteiger partial charge in [0.05, 0.1) is 5.56 Å². The third kappa shape index (κ3) is 2.38. The zero-order valence-corrected chi connectivity index (χ0v) is 11.6. The van der Waals surface area contributed by atoms with Crippen LogP contribution in [0.25, 0.3) is 5.57 Å². The van der Waals surface area contributed by atoms with Crippen LogP contribution in [0.5, 0.6) is 0 Å². The van der Waals surface area contributed by atoms with Crippen LogP contribution in [0, 0.1) is 0 Å². The van der Waals surface area contributed by atoms with Crippen LogP contribution in [-0.2, 0) is 6.18 Å². The van der Waals surface area contributed by atoms with E-state index in [9.17, 15) is 13.2 Å². The van der Waals surface area contributed by atoms with Gasteiger partial charge in [-0.05, 0) is 45.8 Å². The summed E-state index contributed by atoms with van der Waals surface area (Å²) in [6.07, 6.45) is 0.913. The lowest BCUT2D eigenvalue weighted by atomic mass is 10.0. The number of hydrazine groups is 1. The van der Waals surface area contributed by atoms with Crippen molar-refractivity contribution in [1.82, 2.24) is 10.4 Å². The van der Waals surface area contributed by atoms with Crippen molar-refractivity contribution in [1.29, 1.82) is 0 Å². The van der Waals surface area contributed by atoms with Crippen LogP contribution in [-0.4, -0.2) is 15.9 Å². The summed E-state index contributed by atoms with van der Waals surface area (Å²) in [5.74, 6) is 0.591. The van der Waals surface area contributed by atoms with Gasteiger partial charge in [-0.25, -0.2) is 4.99 Å². The van der Waals surface area contributed by atoms with Crippen molar-refractivity contribution in [3.63, 3.8) is 0 Å². The van der Waals surface area contributed by atoms with E-state index in [1.54, 1.807) is 29.4 Å². The number of aliphatic imine (C=N–C) groups is 1. The minimum Gasteiger partial charge on any atom is -0.264 e. The Bertz CT molecular complexity index is 634. The molecule has 20 heavy (non-hydrogen) atoms. The molecule has 104 valence electrons. The Kier molecular flexibility index (Phi) is 3.18. The molecule has 3 rings (SSSR count). The van der Waals surface area contributed by atoms with Gasteiger partial charge in [0.1, 0.15) is 0 Å². The molecule has 1 aromatic carbocycles. The number of rotatable bonds is 1. The van der Waals surface area contributed by atoms with Gasteiger partial charge in [0, 0.05) is 11.8 Å². The van der Waals surface area contributed by atoms with Gasteiger partial charge in [0.2, 0.25) is 0 Å². The molecule has 2 aliphatic heterocycles. The van der Waals surface area contributed by atoms with E-state index >= 15 is 0 Å². The molecule has 1 aromatic rings. The second-order valence-electron chi connectivity index (χ2n) is 4.29. The van der Waals surface area contributed by atoms with Gasteiger partial charge >= 0.3 is 6.18 Å². The van der Waals surface area contributed by atoms with Crippen molar-refractivity contribution >= 4 is 27.3 Å². The lowest BCUT2D eigenvalue weighted by Gasteiger charge is -2.21. The van der Waals surface area contributed by atoms with Crippen LogP contribution < -0.4 is 5.43 Å². The fraction of sp³-hybridized carbons (Fsp3) is 0.154. The van der Waals surface area contributed by atoms with Crippen molar-refractivity contribution in [2.45, 2.75) is 11.3 Å². The van der Waals surface area contributed by atoms with E-state index in [-0.39, 0.29) is 5.08 Å². The Morgan fingerprint density at radius 1 is 1.30 bits per heavy atom. The maximum Gasteiger partial charge on any atom is 0.416 e. The van der Waals surface area contributed by atoms with E-state index in [2.05, 4.69) is 26.3 Å². The summed E-state index contributed by atoms with van der Waals surface area (Å²) < 4.78 is 38.3. The largest absolute Gasteiger partial charge is 0.416 e. The topological polar surface area (TPSA) is 27.6 Å². The number of amidine groups is 1. The fourth-order valence-electron chi connectivity index (χ4n) is 2.08. The molecule has 0 amide bonds. The average molecular weight is 344 g/mol. The fourth-order valence-corrected chi connectivity index (χ4v) is 2.49. The van der Waals surface area contributed by atoms with Gasteiger partial charge in [-0.3, -0.25) is 5.01 Å². The predicted molar refractivity (Wildman–Crippen MR) is 73.7 cm³/mol. The van der Waals surface area contributed by atoms with E-state index in [1.165, 1.54) is 6.07 Å². The van der Waals surface area contributed by atoms with Crippen molar-refractivity contribution in [3.8, 4) is 0 Å². The van der Waals surface area contributed by atoms with Crippen molar-refractivity contribution in [2.24, 2.45) is 4.99 Å². The molecule has 0 aliphatic carbocycles. The smallest absolute Gasteiger partial charge is 0.264 e. The van der Waals surface area contributed by atoms with Crippen LogP contribution in [0.2, 0.25) is 0 Å². The number of allylic oxidation sites excluding steroid dienone is 2. The molecule has 2 aliphatic rings. The summed E-state index contributed by atoms with van der Waals surface area (Å²) in [4.78, 5) is 4.31.